The Morgan fingerprint density at radius 2 is 1.67 bits per heavy atom. The van der Waals surface area contributed by atoms with Crippen LogP contribution in [-0.2, 0) is 17.3 Å². The van der Waals surface area contributed by atoms with Crippen molar-refractivity contribution in [1.82, 2.24) is 19.9 Å². The quantitative estimate of drug-likeness (QED) is 0.0403. The lowest BCUT2D eigenvalue weighted by atomic mass is 9.85. The summed E-state index contributed by atoms with van der Waals surface area (Å²) in [7, 11) is 0. The van der Waals surface area contributed by atoms with Gasteiger partial charge in [-0.1, -0.05) is 66.7 Å². The lowest BCUT2D eigenvalue weighted by Crippen LogP contribution is -2.25. The van der Waals surface area contributed by atoms with E-state index in [0.29, 0.717) is 12.2 Å². The lowest BCUT2D eigenvalue weighted by molar-refractivity contribution is -0.0328. The van der Waals surface area contributed by atoms with Crippen molar-refractivity contribution in [1.29, 1.82) is 0 Å². The summed E-state index contributed by atoms with van der Waals surface area (Å²) < 4.78 is 39.4. The third kappa shape index (κ3) is 13.6. The molecule has 8 N–H and O–H groups in total. The number of rotatable bonds is 13. The molecule has 0 saturated heterocycles. The van der Waals surface area contributed by atoms with Crippen molar-refractivity contribution in [2.45, 2.75) is 121 Å². The number of hydrogen-bond acceptors (Lipinski definition) is 6. The van der Waals surface area contributed by atoms with Crippen LogP contribution < -0.4 is 28.2 Å². The number of nitrogens with two attached hydrogens (primary N) is 3. The maximum atomic E-state index is 12.6. The summed E-state index contributed by atoms with van der Waals surface area (Å²) in [6, 6.07) is 15.8. The van der Waals surface area contributed by atoms with Gasteiger partial charge >= 0.3 is 11.2 Å². The fourth-order valence-corrected chi connectivity index (χ4v) is 6.23. The number of nitrogens with zero attached hydrogens (tertiary/aromatic N) is 3. The molecule has 4 aromatic rings. The molecule has 0 radical (unpaired) electrons. The van der Waals surface area contributed by atoms with Crippen LogP contribution in [0.5, 0.6) is 0 Å². The average molecular weight is 743 g/mol. The first-order chi connectivity index (χ1) is 24.2. The number of guanidine groups is 1. The number of aryl methyl sites for hydroxylation is 1. The highest BCUT2D eigenvalue weighted by Crippen LogP contribution is 2.39. The normalized spacial score (nSPS) is 13.4. The fourth-order valence-electron chi connectivity index (χ4n) is 5.57. The Labute approximate surface area is 310 Å². The summed E-state index contributed by atoms with van der Waals surface area (Å²) >= 11 is -0.0397. The molecule has 0 aliphatic rings. The molecule has 0 amide bonds. The second-order valence-electron chi connectivity index (χ2n) is 15.3. The summed E-state index contributed by atoms with van der Waals surface area (Å²) in [4.78, 5) is 24.4. The van der Waals surface area contributed by atoms with Gasteiger partial charge < -0.3 is 27.5 Å². The van der Waals surface area contributed by atoms with E-state index >= 15 is 0 Å². The van der Waals surface area contributed by atoms with Gasteiger partial charge in [0.15, 0.2) is 5.96 Å². The minimum absolute atomic E-state index is 0.0397. The Morgan fingerprint density at radius 3 is 2.23 bits per heavy atom. The number of alkyl halides is 3. The van der Waals surface area contributed by atoms with Crippen LogP contribution in [-0.4, -0.2) is 45.1 Å². The molecular weight excluding hydrogens is 686 g/mol. The molecule has 52 heavy (non-hydrogen) atoms. The van der Waals surface area contributed by atoms with Crippen LogP contribution in [0.15, 0.2) is 69.4 Å². The van der Waals surface area contributed by atoms with Gasteiger partial charge in [-0.15, -0.1) is 0 Å². The van der Waals surface area contributed by atoms with Crippen LogP contribution in [0.2, 0.25) is 0 Å². The molecule has 0 aliphatic carbocycles. The molecule has 4 rings (SSSR count). The summed E-state index contributed by atoms with van der Waals surface area (Å²) in [6.45, 7) is 17.9. The molecular formula is C39H57F3N8OS. The molecule has 2 atom stereocenters. The van der Waals surface area contributed by atoms with Crippen molar-refractivity contribution in [3.8, 4) is 5.69 Å². The Hall–Kier alpha value is -3.81. The van der Waals surface area contributed by atoms with Gasteiger partial charge in [-0.3, -0.25) is 9.56 Å². The minimum atomic E-state index is -4.25. The highest BCUT2D eigenvalue weighted by molar-refractivity contribution is 8.00. The number of hydrogen-bond donors (Lipinski definition) is 5. The molecule has 0 bridgehead atoms. The van der Waals surface area contributed by atoms with Gasteiger partial charge in [-0.25, -0.2) is 4.79 Å². The third-order valence-electron chi connectivity index (χ3n) is 8.51. The van der Waals surface area contributed by atoms with Gasteiger partial charge in [0.05, 0.1) is 5.69 Å². The predicted molar refractivity (Wildman–Crippen MR) is 210 cm³/mol. The molecule has 0 fully saturated rings. The fraction of sp³-hybridized carbons (Fsp3) is 0.513. The number of benzene rings is 2. The molecule has 0 saturated carbocycles. The van der Waals surface area contributed by atoms with Crippen molar-refractivity contribution >= 4 is 28.8 Å². The Bertz CT molecular complexity index is 1810. The Morgan fingerprint density at radius 1 is 1.00 bits per heavy atom. The third-order valence-corrected chi connectivity index (χ3v) is 9.21. The van der Waals surface area contributed by atoms with E-state index in [1.165, 1.54) is 5.56 Å². The number of aliphatic imine (C=N–C) groups is 1. The van der Waals surface area contributed by atoms with Gasteiger partial charge in [0.25, 0.3) is 0 Å². The Balaban J connectivity index is 0.000000304. The number of aromatic amines is 1. The van der Waals surface area contributed by atoms with Gasteiger partial charge in [0, 0.05) is 46.2 Å². The number of halogens is 3. The Kier molecular flexibility index (Phi) is 15.0. The van der Waals surface area contributed by atoms with E-state index in [1.54, 1.807) is 16.7 Å². The number of H-pyrrole nitrogens is 1. The smallest absolute Gasteiger partial charge is 0.370 e. The van der Waals surface area contributed by atoms with Crippen LogP contribution in [0.3, 0.4) is 0 Å². The molecule has 0 aliphatic heterocycles. The van der Waals surface area contributed by atoms with Crippen LogP contribution in [0, 0.1) is 0 Å². The van der Waals surface area contributed by atoms with E-state index in [2.05, 4.69) is 66.2 Å². The molecule has 2 aromatic carbocycles. The summed E-state index contributed by atoms with van der Waals surface area (Å²) in [5.74, 6) is 0.125. The van der Waals surface area contributed by atoms with Gasteiger partial charge in [-0.2, -0.15) is 18.2 Å². The van der Waals surface area contributed by atoms with Crippen molar-refractivity contribution in [3.05, 3.63) is 87.6 Å². The van der Waals surface area contributed by atoms with E-state index in [4.69, 9.17) is 17.2 Å². The van der Waals surface area contributed by atoms with Gasteiger partial charge in [0.1, 0.15) is 5.65 Å². The molecule has 13 heteroatoms. The zero-order valence-electron chi connectivity index (χ0n) is 31.8. The van der Waals surface area contributed by atoms with Crippen molar-refractivity contribution < 1.29 is 13.2 Å². The van der Waals surface area contributed by atoms with Crippen LogP contribution >= 0.6 is 11.8 Å². The molecule has 2 aromatic heterocycles. The van der Waals surface area contributed by atoms with Crippen LogP contribution in [0.25, 0.3) is 16.7 Å². The molecule has 0 unspecified atom stereocenters. The molecule has 9 nitrogen and oxygen atoms in total. The maximum absolute atomic E-state index is 12.6. The molecule has 0 spiro atoms. The summed E-state index contributed by atoms with van der Waals surface area (Å²) in [6.07, 6.45) is 6.19. The second kappa shape index (κ2) is 18.3. The standard InChI is InChI=1S/C23H33N7O.C16H24F3NS/c1-5-18(26-11-6-12-27-21(24)25)15-7-9-17(10-8-15)30-14-16-13-19(23(2,3)4)28-20(16)29-22(30)31;1-11(20)6-5-7-12-8-13(15(2,3)4)10-14(9-12)21-16(17,18)19/h7-10,13-14,18,26H,5-6,11-12H2,1-4H3,(H4,24,25,27)(H,28,29,31);8-11H,5-7,20H2,1-4H3/t18-;11-/m00/s1. The number of fused-ring (bicyclic) bond motifs is 1. The van der Waals surface area contributed by atoms with Gasteiger partial charge in [0.2, 0.25) is 0 Å². The van der Waals surface area contributed by atoms with Crippen molar-refractivity contribution in [3.63, 3.8) is 0 Å². The topological polar surface area (TPSA) is 153 Å². The molecule has 2 heterocycles. The monoisotopic (exact) mass is 742 g/mol. The maximum Gasteiger partial charge on any atom is 0.446 e. The van der Waals surface area contributed by atoms with Crippen LogP contribution in [0.1, 0.15) is 109 Å². The van der Waals surface area contributed by atoms with E-state index in [9.17, 15) is 18.0 Å². The second-order valence-corrected chi connectivity index (χ2v) is 16.5. The molecule has 286 valence electrons. The number of thioether (sulfide) groups is 1. The van der Waals surface area contributed by atoms with E-state index in [-0.39, 0.29) is 51.2 Å². The van der Waals surface area contributed by atoms with Crippen molar-refractivity contribution in [2.75, 3.05) is 13.1 Å². The zero-order valence-corrected chi connectivity index (χ0v) is 32.6. The zero-order chi connectivity index (χ0) is 38.9. The minimum Gasteiger partial charge on any atom is -0.370 e. The van der Waals surface area contributed by atoms with E-state index in [0.717, 1.165) is 66.5 Å². The average Bonchev–Trinajstić information content (AvgIpc) is 3.45. The predicted octanol–water partition coefficient (Wildman–Crippen LogP) is 7.98. The summed E-state index contributed by atoms with van der Waals surface area (Å²) in [5.41, 5.74) is 17.2. The van der Waals surface area contributed by atoms with E-state index < -0.39 is 5.51 Å². The first kappa shape index (κ1) is 42.6. The largest absolute Gasteiger partial charge is 0.446 e. The van der Waals surface area contributed by atoms with Crippen molar-refractivity contribution in [2.24, 2.45) is 22.2 Å². The van der Waals surface area contributed by atoms with Gasteiger partial charge in [-0.05, 0) is 110 Å². The van der Waals surface area contributed by atoms with Crippen LogP contribution in [0.4, 0.5) is 13.2 Å². The number of nitrogens with one attached hydrogen (secondary N) is 2. The van der Waals surface area contributed by atoms with E-state index in [1.807, 2.05) is 52.1 Å². The number of aromatic nitrogens is 3. The highest BCUT2D eigenvalue weighted by Gasteiger charge is 2.30. The summed E-state index contributed by atoms with van der Waals surface area (Å²) in [5, 5.41) is 4.45. The SMILES string of the molecule is CC[C@H](NCCCN=C(N)N)c1ccc(-n2cc3cc(C(C)(C)C)[nH]c3nc2=O)cc1.C[C@H](N)CCCc1cc(SC(F)(F)F)cc(C(C)(C)C)c1. The lowest BCUT2D eigenvalue weighted by Gasteiger charge is -2.21. The first-order valence-electron chi connectivity index (χ1n) is 17.8. The first-order valence-corrected chi connectivity index (χ1v) is 18.7. The highest BCUT2D eigenvalue weighted by atomic mass is 32.2.